The highest BCUT2D eigenvalue weighted by Crippen LogP contribution is 2.54. The normalized spacial score (nSPS) is 10.9. The number of ketones is 1. The monoisotopic (exact) mass is 1390 g/mol. The van der Waals surface area contributed by atoms with Gasteiger partial charge >= 0.3 is 0 Å². The van der Waals surface area contributed by atoms with Gasteiger partial charge in [-0.3, -0.25) is 131 Å². The fourth-order valence-corrected chi connectivity index (χ4v) is 8.99. The number of fused-ring (bicyclic) bond motifs is 9. The van der Waals surface area contributed by atoms with E-state index in [1.54, 1.807) is 0 Å². The second kappa shape index (κ2) is 37.0. The van der Waals surface area contributed by atoms with E-state index in [2.05, 4.69) is 43.8 Å². The highest BCUT2D eigenvalue weighted by atomic mass is 31.0. The third-order valence-corrected chi connectivity index (χ3v) is 12.0. The van der Waals surface area contributed by atoms with Gasteiger partial charge in [0.25, 0.3) is 68.2 Å². The molecule has 6 aromatic rings. The van der Waals surface area contributed by atoms with Crippen LogP contribution in [0.2, 0.25) is 0 Å². The minimum atomic E-state index is -1.03. The Morgan fingerprint density at radius 2 is 0.564 bits per heavy atom. The second-order valence-corrected chi connectivity index (χ2v) is 16.1. The molecule has 0 aromatic heterocycles. The average Bonchev–Trinajstić information content (AvgIpc) is 1.60. The number of nitro benzene ring substituents is 12. The molecule has 6 aromatic carbocycles. The van der Waals surface area contributed by atoms with Gasteiger partial charge in [-0.15, -0.1) is 27.7 Å². The number of hydrogen-bond acceptors (Lipinski definition) is 31. The van der Waals surface area contributed by atoms with Crippen molar-refractivity contribution < 1.29 is 83.3 Å². The third-order valence-electron chi connectivity index (χ3n) is 12.0. The maximum Gasteiger partial charge on any atom is 0.286 e. The van der Waals surface area contributed by atoms with E-state index in [0.29, 0.717) is 32.1 Å². The van der Waals surface area contributed by atoms with Gasteiger partial charge in [0.15, 0.2) is 5.78 Å². The number of carbonyl (C=O) groups is 1. The van der Waals surface area contributed by atoms with E-state index in [1.165, 1.54) is 21.1 Å². The summed E-state index contributed by atoms with van der Waals surface area (Å²) >= 11 is 0. The summed E-state index contributed by atoms with van der Waals surface area (Å²) in [4.78, 5) is 140. The molecule has 46 heteroatoms. The first-order chi connectivity index (χ1) is 45.7. The van der Waals surface area contributed by atoms with E-state index in [4.69, 9.17) is 19.4 Å². The lowest BCUT2D eigenvalue weighted by molar-refractivity contribution is -0.395. The summed E-state index contributed by atoms with van der Waals surface area (Å²) in [5.74, 6) is -1.01. The number of nitrogens with two attached hydrogens (primary N) is 1. The molecule has 43 nitrogen and oxygen atoms in total. The Balaban J connectivity index is 0.00000128. The quantitative estimate of drug-likeness (QED) is 0.0417. The van der Waals surface area contributed by atoms with E-state index in [0.717, 1.165) is 82.0 Å². The summed E-state index contributed by atoms with van der Waals surface area (Å²) in [6.07, 6.45) is 0. The molecule has 0 amide bonds. The molecule has 3 atom stereocenters. The van der Waals surface area contributed by atoms with Crippen molar-refractivity contribution in [2.45, 2.75) is 6.04 Å². The van der Waals surface area contributed by atoms with Crippen LogP contribution in [0, 0.1) is 121 Å². The van der Waals surface area contributed by atoms with Crippen molar-refractivity contribution in [1.82, 2.24) is 5.32 Å². The molecule has 0 saturated heterocycles. The number of non-ortho nitro benzene ring substituents is 6. The lowest BCUT2D eigenvalue weighted by Gasteiger charge is -2.12. The highest BCUT2D eigenvalue weighted by molar-refractivity contribution is 7.15. The molecule has 3 unspecified atom stereocenters. The molecular formula is C48H52N15O28P3. The standard InChI is InChI=1S/C14H9N5O8.C14H7N5O8.C13H4N4O9.CH5N.3CH4O.3CH5P/c2*1-15-14-12-8(2-6(16(20)21)4-10(12)18(24)25)9-3-7(17(22)23)5-11(13(9)14)19(26)27;18-13-7-1-5(14(19)20)3-9(16(23)24)11(7)12-8(13)2-6(15(21)22)4-10(12)17(25)26;7*1-2/h2-5,14-15H,1H3;2-5H,1H3;1-4H;2H2,1H3;3*2H,1H3;3*2H2,1H3/i;;;;;;;3*1T. The SMILES string of the molecule is CN.CN=C1c2c(cc([N+](=O)[O-])cc2[N+](=O)[O-])-c2cc([N+](=O)[O-])cc([N+](=O)[O-])c21.CNC1c2c(cc([N+](=O)[O-])cc2[N+](=O)[O-])-c2cc([N+](=O)[O-])cc([N+](=O)[O-])c21.CO.CO.CO.O=C1c2cc([N+](=O)[O-])cc([N+](=O)[O-])c2-c2c1cc([N+](=O)[O-])cc2[N+](=O)[O-].[3H]CP.[3H]CP.[3H]CP. The van der Waals surface area contributed by atoms with Crippen molar-refractivity contribution in [2.24, 2.45) is 10.7 Å². The van der Waals surface area contributed by atoms with Crippen LogP contribution in [0.4, 0.5) is 68.2 Å². The van der Waals surface area contributed by atoms with Crippen LogP contribution in [0.1, 0.15) is 48.3 Å². The first kappa shape index (κ1) is 76.8. The van der Waals surface area contributed by atoms with Crippen molar-refractivity contribution >= 4 is 107 Å². The van der Waals surface area contributed by atoms with Crippen molar-refractivity contribution in [3.8, 4) is 33.4 Å². The van der Waals surface area contributed by atoms with Crippen LogP contribution in [0.5, 0.6) is 0 Å². The first-order valence-corrected chi connectivity index (χ1v) is 26.6. The van der Waals surface area contributed by atoms with Crippen molar-refractivity contribution in [3.05, 3.63) is 228 Å². The van der Waals surface area contributed by atoms with Crippen LogP contribution in [0.3, 0.4) is 0 Å². The van der Waals surface area contributed by atoms with E-state index in [-0.39, 0.29) is 50.2 Å². The summed E-state index contributed by atoms with van der Waals surface area (Å²) < 4.78 is 18.5. The zero-order valence-corrected chi connectivity index (χ0v) is 52.3. The smallest absolute Gasteiger partial charge is 0.286 e. The molecule has 0 radical (unpaired) electrons. The third kappa shape index (κ3) is 17.1. The predicted molar refractivity (Wildman–Crippen MR) is 343 cm³/mol. The zero-order chi connectivity index (χ0) is 75.5. The molecular weight excluding hydrogens is 1330 g/mol. The molecule has 0 heterocycles. The second-order valence-electron chi connectivity index (χ2n) is 16.1. The fourth-order valence-electron chi connectivity index (χ4n) is 8.99. The van der Waals surface area contributed by atoms with Gasteiger partial charge in [0.1, 0.15) is 0 Å². The van der Waals surface area contributed by atoms with Gasteiger partial charge < -0.3 is 26.4 Å². The number of aliphatic hydroxyl groups excluding tert-OH is 3. The number of nitro groups is 12. The largest absolute Gasteiger partial charge is 0.400 e. The van der Waals surface area contributed by atoms with E-state index < -0.39 is 161 Å². The van der Waals surface area contributed by atoms with Crippen molar-refractivity contribution in [3.63, 3.8) is 0 Å². The van der Waals surface area contributed by atoms with E-state index in [1.807, 2.05) is 0 Å². The van der Waals surface area contributed by atoms with Crippen LogP contribution in [-0.2, 0) is 0 Å². The summed E-state index contributed by atoms with van der Waals surface area (Å²) in [5.41, 5.74) is -6.46. The first-order valence-electron chi connectivity index (χ1n) is 26.2. The van der Waals surface area contributed by atoms with Crippen LogP contribution < -0.4 is 11.1 Å². The topological polar surface area (TPSA) is 646 Å². The van der Waals surface area contributed by atoms with E-state index >= 15 is 0 Å². The molecule has 502 valence electrons. The maximum atomic E-state index is 12.5. The Kier molecular flexibility index (Phi) is 30.2. The number of aliphatic hydroxyl groups is 3. The fraction of sp³-hybridized carbons (Fsp3) is 0.208. The Labute approximate surface area is 535 Å². The summed E-state index contributed by atoms with van der Waals surface area (Å²) in [7, 11) is 13.9. The Bertz CT molecular complexity index is 3900. The number of nitrogens with zero attached hydrogens (tertiary/aromatic N) is 13. The van der Waals surface area contributed by atoms with E-state index in [9.17, 15) is 126 Å². The number of carbonyl (C=O) groups excluding carboxylic acids is 1. The number of rotatable bonds is 13. The summed E-state index contributed by atoms with van der Waals surface area (Å²) in [6.45, 7) is 1.25. The average molecular weight is 1390 g/mol. The molecule has 0 spiro atoms. The van der Waals surface area contributed by atoms with Crippen LogP contribution in [0.25, 0.3) is 33.4 Å². The summed E-state index contributed by atoms with van der Waals surface area (Å²) in [5, 5.41) is 159. The molecule has 0 saturated carbocycles. The Morgan fingerprint density at radius 3 is 0.755 bits per heavy atom. The highest BCUT2D eigenvalue weighted by Gasteiger charge is 2.45. The number of benzene rings is 6. The number of hydrogen-bond donors (Lipinski definition) is 5. The number of nitrogens with one attached hydrogen (secondary N) is 1. The van der Waals surface area contributed by atoms with Gasteiger partial charge in [-0.1, -0.05) is 19.9 Å². The molecule has 0 bridgehead atoms. The van der Waals surface area contributed by atoms with Gasteiger partial charge in [-0.05, 0) is 14.1 Å². The molecule has 3 aliphatic carbocycles. The molecule has 3 aliphatic rings. The van der Waals surface area contributed by atoms with Crippen LogP contribution in [-0.4, -0.2) is 148 Å². The van der Waals surface area contributed by atoms with Gasteiger partial charge in [0, 0.05) is 102 Å². The Hall–Kier alpha value is -11.4. The lowest BCUT2D eigenvalue weighted by atomic mass is 10.0. The minimum absolute atomic E-state index is 0.0216. The zero-order valence-electron chi connectivity index (χ0n) is 51.8. The van der Waals surface area contributed by atoms with Gasteiger partial charge in [-0.2, -0.15) is 0 Å². The van der Waals surface area contributed by atoms with Crippen LogP contribution in [0.15, 0.2) is 77.8 Å². The molecule has 0 aliphatic heterocycles. The lowest BCUT2D eigenvalue weighted by Crippen LogP contribution is -2.17. The molecule has 9 rings (SSSR count). The van der Waals surface area contributed by atoms with Gasteiger partial charge in [0.05, 0.1) is 141 Å². The van der Waals surface area contributed by atoms with Gasteiger partial charge in [-0.25, -0.2) is 0 Å². The molecule has 6 N–H and O–H groups in total. The maximum absolute atomic E-state index is 12.5. The predicted octanol–water partition coefficient (Wildman–Crippen LogP) is 7.78. The van der Waals surface area contributed by atoms with Crippen molar-refractivity contribution in [2.75, 3.05) is 62.4 Å². The molecule has 0 fully saturated rings. The Morgan fingerprint density at radius 1 is 0.372 bits per heavy atom. The number of aliphatic imine (C=N–C) groups is 1. The van der Waals surface area contributed by atoms with Gasteiger partial charge in [0.2, 0.25) is 0 Å². The van der Waals surface area contributed by atoms with Crippen molar-refractivity contribution in [1.29, 1.82) is 0 Å². The molecule has 94 heavy (non-hydrogen) atoms. The summed E-state index contributed by atoms with van der Waals surface area (Å²) in [6, 6.07) is 8.57. The minimum Gasteiger partial charge on any atom is -0.400 e. The van der Waals surface area contributed by atoms with Crippen LogP contribution >= 0.6 is 27.7 Å².